The van der Waals surface area contributed by atoms with Crippen molar-refractivity contribution in [2.45, 2.75) is 68.2 Å². The van der Waals surface area contributed by atoms with Crippen LogP contribution in [0.1, 0.15) is 65.5 Å². The molecule has 0 unspecified atom stereocenters. The molecule has 1 radical (unpaired) electrons. The summed E-state index contributed by atoms with van der Waals surface area (Å²) in [6.45, 7) is 15.8. The summed E-state index contributed by atoms with van der Waals surface area (Å²) in [6.07, 6.45) is 2.99. The van der Waals surface area contributed by atoms with Crippen molar-refractivity contribution in [2.24, 2.45) is 10.8 Å². The Morgan fingerprint density at radius 3 is 2.18 bits per heavy atom. The van der Waals surface area contributed by atoms with Gasteiger partial charge in [0, 0.05) is 37.0 Å². The fourth-order valence-electron chi connectivity index (χ4n) is 3.12. The average molecular weight is 637 g/mol. The van der Waals surface area contributed by atoms with Gasteiger partial charge in [-0.05, 0) is 30.0 Å². The van der Waals surface area contributed by atoms with E-state index < -0.39 is 0 Å². The van der Waals surface area contributed by atoms with E-state index in [-0.39, 0.29) is 42.5 Å². The Morgan fingerprint density at radius 2 is 1.59 bits per heavy atom. The van der Waals surface area contributed by atoms with Crippen molar-refractivity contribution < 1.29 is 30.0 Å². The SMILES string of the molecule is CCC(C)(C)C(=O)/C=C(\O)C(C)(C)CC.Cc1[c-]c(-c2ccc3ccccc3n2)cc(C)c1.[Ir]. The summed E-state index contributed by atoms with van der Waals surface area (Å²) in [5, 5.41) is 11.0. The Morgan fingerprint density at radius 1 is 0.971 bits per heavy atom. The fraction of sp³-hybridized carbons (Fsp3) is 0.400. The van der Waals surface area contributed by atoms with Gasteiger partial charge in [-0.25, -0.2) is 0 Å². The van der Waals surface area contributed by atoms with Gasteiger partial charge < -0.3 is 5.11 Å². The maximum absolute atomic E-state index is 11.8. The molecule has 3 rings (SSSR count). The van der Waals surface area contributed by atoms with Crippen molar-refractivity contribution in [3.8, 4) is 11.3 Å². The number of rotatable bonds is 6. The molecule has 3 nitrogen and oxygen atoms in total. The van der Waals surface area contributed by atoms with Gasteiger partial charge in [0.05, 0.1) is 5.52 Å². The van der Waals surface area contributed by atoms with Crippen LogP contribution in [0.5, 0.6) is 0 Å². The van der Waals surface area contributed by atoms with E-state index in [9.17, 15) is 9.90 Å². The predicted molar refractivity (Wildman–Crippen MR) is 139 cm³/mol. The van der Waals surface area contributed by atoms with Crippen LogP contribution in [0, 0.1) is 30.7 Å². The van der Waals surface area contributed by atoms with Crippen LogP contribution in [-0.2, 0) is 24.9 Å². The molecule has 1 N–H and O–H groups in total. The van der Waals surface area contributed by atoms with E-state index in [1.807, 2.05) is 59.7 Å². The molecule has 34 heavy (non-hydrogen) atoms. The first-order chi connectivity index (χ1) is 15.4. The third-order valence-electron chi connectivity index (χ3n) is 6.42. The predicted octanol–water partition coefficient (Wildman–Crippen LogP) is 8.19. The van der Waals surface area contributed by atoms with Crippen molar-refractivity contribution in [3.63, 3.8) is 0 Å². The van der Waals surface area contributed by atoms with Crippen molar-refractivity contribution in [1.29, 1.82) is 0 Å². The number of aromatic nitrogens is 1. The first kappa shape index (κ1) is 29.7. The molecule has 1 aromatic heterocycles. The Kier molecular flexibility index (Phi) is 10.9. The molecule has 0 fully saturated rings. The van der Waals surface area contributed by atoms with Gasteiger partial charge >= 0.3 is 0 Å². The van der Waals surface area contributed by atoms with Crippen LogP contribution >= 0.6 is 0 Å². The molecule has 0 aliphatic heterocycles. The molecule has 3 aromatic rings. The summed E-state index contributed by atoms with van der Waals surface area (Å²) in [7, 11) is 0. The van der Waals surface area contributed by atoms with E-state index in [0.717, 1.165) is 35.2 Å². The van der Waals surface area contributed by atoms with Gasteiger partial charge in [0.1, 0.15) is 5.76 Å². The molecule has 0 aliphatic carbocycles. The minimum absolute atomic E-state index is 0. The molecule has 0 bridgehead atoms. The molecule has 0 saturated heterocycles. The van der Waals surface area contributed by atoms with Crippen molar-refractivity contribution in [1.82, 2.24) is 4.98 Å². The van der Waals surface area contributed by atoms with Crippen molar-refractivity contribution >= 4 is 16.7 Å². The number of carbonyl (C=O) groups excluding carboxylic acids is 1. The number of aliphatic hydroxyl groups excluding tert-OH is 1. The maximum Gasteiger partial charge on any atom is 0.164 e. The smallest absolute Gasteiger partial charge is 0.164 e. The number of carbonyl (C=O) groups is 1. The van der Waals surface area contributed by atoms with Gasteiger partial charge in [0.2, 0.25) is 0 Å². The molecule has 0 aliphatic rings. The minimum Gasteiger partial charge on any atom is -0.512 e. The number of aliphatic hydroxyl groups is 1. The number of ketones is 1. The summed E-state index contributed by atoms with van der Waals surface area (Å²) >= 11 is 0. The Bertz CT molecular complexity index is 1130. The second kappa shape index (κ2) is 12.4. The maximum atomic E-state index is 11.8. The summed E-state index contributed by atoms with van der Waals surface area (Å²) in [5.41, 5.74) is 4.80. The van der Waals surface area contributed by atoms with Crippen LogP contribution in [0.15, 0.2) is 60.4 Å². The van der Waals surface area contributed by atoms with Gasteiger partial charge in [-0.2, -0.15) is 0 Å². The molecular weight excluding hydrogens is 599 g/mol. The van der Waals surface area contributed by atoms with Gasteiger partial charge in [-0.3, -0.25) is 9.78 Å². The van der Waals surface area contributed by atoms with Crippen LogP contribution < -0.4 is 0 Å². The summed E-state index contributed by atoms with van der Waals surface area (Å²) in [5.74, 6) is 0.195. The Labute approximate surface area is 219 Å². The van der Waals surface area contributed by atoms with Gasteiger partial charge in [-0.1, -0.05) is 85.7 Å². The quantitative estimate of drug-likeness (QED) is 0.169. The van der Waals surface area contributed by atoms with Crippen LogP contribution in [0.2, 0.25) is 0 Å². The zero-order chi connectivity index (χ0) is 24.8. The molecular formula is C30H38IrNO2-. The van der Waals surface area contributed by atoms with Gasteiger partial charge in [-0.15, -0.1) is 34.9 Å². The molecule has 4 heteroatoms. The first-order valence-corrected chi connectivity index (χ1v) is 11.7. The normalized spacial score (nSPS) is 11.9. The summed E-state index contributed by atoms with van der Waals surface area (Å²) in [4.78, 5) is 16.5. The third-order valence-corrected chi connectivity index (χ3v) is 6.42. The van der Waals surface area contributed by atoms with Crippen LogP contribution in [0.3, 0.4) is 0 Å². The van der Waals surface area contributed by atoms with E-state index in [1.54, 1.807) is 0 Å². The monoisotopic (exact) mass is 637 g/mol. The molecule has 185 valence electrons. The Hall–Kier alpha value is -2.29. The van der Waals surface area contributed by atoms with Gasteiger partial charge in [0.25, 0.3) is 0 Å². The largest absolute Gasteiger partial charge is 0.512 e. The number of allylic oxidation sites excluding steroid dienone is 2. The van der Waals surface area contributed by atoms with Crippen LogP contribution in [0.25, 0.3) is 22.2 Å². The second-order valence-electron chi connectivity index (χ2n) is 10.0. The topological polar surface area (TPSA) is 50.2 Å². The van der Waals surface area contributed by atoms with E-state index in [1.165, 1.54) is 17.0 Å². The van der Waals surface area contributed by atoms with Crippen molar-refractivity contribution in [2.75, 3.05) is 0 Å². The molecule has 0 amide bonds. The third kappa shape index (κ3) is 7.89. The van der Waals surface area contributed by atoms with Crippen molar-refractivity contribution in [3.05, 3.63) is 77.6 Å². The van der Waals surface area contributed by atoms with E-state index in [4.69, 9.17) is 4.98 Å². The molecule has 1 heterocycles. The molecule has 2 aromatic carbocycles. The number of aryl methyl sites for hydroxylation is 2. The number of hydrogen-bond acceptors (Lipinski definition) is 3. The van der Waals surface area contributed by atoms with Crippen LogP contribution in [0.4, 0.5) is 0 Å². The number of pyridine rings is 1. The number of para-hydroxylation sites is 1. The Balaban J connectivity index is 0.000000338. The molecule has 0 saturated carbocycles. The van der Waals surface area contributed by atoms with Crippen LogP contribution in [-0.4, -0.2) is 15.9 Å². The summed E-state index contributed by atoms with van der Waals surface area (Å²) < 4.78 is 0. The first-order valence-electron chi connectivity index (χ1n) is 11.7. The average Bonchev–Trinajstić information content (AvgIpc) is 2.78. The summed E-state index contributed by atoms with van der Waals surface area (Å²) in [6, 6.07) is 20.0. The molecule has 0 atom stereocenters. The van der Waals surface area contributed by atoms with Gasteiger partial charge in [0.15, 0.2) is 5.78 Å². The minimum atomic E-state index is -0.377. The standard InChI is InChI=1S/C17H14N.C13H24O2.Ir/c1-12-9-13(2)11-15(10-12)17-8-7-14-5-3-4-6-16(14)18-17;1-7-12(3,4)10(14)9-11(15)13(5,6)8-2;/h3-10H,1-2H3;9,14H,7-8H2,1-6H3;/q-1;;/b;10-9-;. The number of benzene rings is 2. The number of nitrogens with zero attached hydrogens (tertiary/aromatic N) is 1. The molecule has 0 spiro atoms. The van der Waals surface area contributed by atoms with E-state index in [0.29, 0.717) is 0 Å². The van der Waals surface area contributed by atoms with E-state index >= 15 is 0 Å². The van der Waals surface area contributed by atoms with E-state index in [2.05, 4.69) is 50.2 Å². The zero-order valence-electron chi connectivity index (χ0n) is 21.7. The number of fused-ring (bicyclic) bond motifs is 1. The second-order valence-corrected chi connectivity index (χ2v) is 10.0. The number of hydrogen-bond donors (Lipinski definition) is 1. The fourth-order valence-corrected chi connectivity index (χ4v) is 3.12. The zero-order valence-corrected chi connectivity index (χ0v) is 24.1.